The van der Waals surface area contributed by atoms with E-state index < -0.39 is 5.97 Å². The molecule has 19 heavy (non-hydrogen) atoms. The number of aromatic nitrogens is 1. The van der Waals surface area contributed by atoms with E-state index in [9.17, 15) is 4.79 Å². The standard InChI is InChI=1S/C13H13BrN2O2S/c1-3-18-12(17)11-7-19-13(16-11)15-10-5-8(2)4-9(14)6-10/h4-7H,3H2,1-2H3,(H,15,16). The van der Waals surface area contributed by atoms with E-state index in [0.717, 1.165) is 15.7 Å². The highest BCUT2D eigenvalue weighted by atomic mass is 79.9. The fraction of sp³-hybridized carbons (Fsp3) is 0.231. The summed E-state index contributed by atoms with van der Waals surface area (Å²) in [5.41, 5.74) is 2.40. The van der Waals surface area contributed by atoms with Crippen LogP contribution in [0.3, 0.4) is 0 Å². The average molecular weight is 341 g/mol. The molecular formula is C13H13BrN2O2S. The Balaban J connectivity index is 2.13. The van der Waals surface area contributed by atoms with Crippen LogP contribution in [0.5, 0.6) is 0 Å². The van der Waals surface area contributed by atoms with Crippen molar-refractivity contribution in [3.8, 4) is 0 Å². The molecule has 1 heterocycles. The largest absolute Gasteiger partial charge is 0.461 e. The molecule has 0 radical (unpaired) electrons. The average Bonchev–Trinajstić information content (AvgIpc) is 2.76. The summed E-state index contributed by atoms with van der Waals surface area (Å²) in [7, 11) is 0. The molecule has 0 unspecified atom stereocenters. The zero-order chi connectivity index (χ0) is 13.8. The van der Waals surface area contributed by atoms with Gasteiger partial charge in [0.05, 0.1) is 6.61 Å². The SMILES string of the molecule is CCOC(=O)c1csc(Nc2cc(C)cc(Br)c2)n1. The lowest BCUT2D eigenvalue weighted by molar-refractivity contribution is 0.0520. The third kappa shape index (κ3) is 3.78. The van der Waals surface area contributed by atoms with E-state index in [1.165, 1.54) is 11.3 Å². The summed E-state index contributed by atoms with van der Waals surface area (Å²) in [5, 5.41) is 5.53. The third-order valence-electron chi connectivity index (χ3n) is 2.28. The molecule has 0 aliphatic heterocycles. The minimum atomic E-state index is -0.391. The molecule has 2 rings (SSSR count). The first-order valence-electron chi connectivity index (χ1n) is 5.75. The predicted molar refractivity (Wildman–Crippen MR) is 80.2 cm³/mol. The molecule has 0 bridgehead atoms. The molecule has 100 valence electrons. The molecule has 1 N–H and O–H groups in total. The fourth-order valence-electron chi connectivity index (χ4n) is 1.56. The summed E-state index contributed by atoms with van der Waals surface area (Å²) in [6.07, 6.45) is 0. The number of halogens is 1. The van der Waals surface area contributed by atoms with E-state index >= 15 is 0 Å². The molecule has 0 atom stereocenters. The summed E-state index contributed by atoms with van der Waals surface area (Å²) < 4.78 is 5.90. The molecule has 0 amide bonds. The molecule has 2 aromatic rings. The van der Waals surface area contributed by atoms with Gasteiger partial charge in [-0.25, -0.2) is 9.78 Å². The molecule has 0 saturated heterocycles. The number of rotatable bonds is 4. The van der Waals surface area contributed by atoms with Gasteiger partial charge in [-0.05, 0) is 37.6 Å². The van der Waals surface area contributed by atoms with E-state index in [-0.39, 0.29) is 0 Å². The van der Waals surface area contributed by atoms with Gasteiger partial charge < -0.3 is 10.1 Å². The second kappa shape index (κ2) is 6.16. The number of esters is 1. The van der Waals surface area contributed by atoms with Crippen LogP contribution in [0.25, 0.3) is 0 Å². The van der Waals surface area contributed by atoms with E-state index in [1.54, 1.807) is 12.3 Å². The van der Waals surface area contributed by atoms with Crippen molar-refractivity contribution in [2.24, 2.45) is 0 Å². The van der Waals surface area contributed by atoms with Gasteiger partial charge in [-0.15, -0.1) is 11.3 Å². The van der Waals surface area contributed by atoms with E-state index in [2.05, 4.69) is 26.2 Å². The lowest BCUT2D eigenvalue weighted by Crippen LogP contribution is -2.05. The second-order valence-electron chi connectivity index (χ2n) is 3.90. The van der Waals surface area contributed by atoms with Gasteiger partial charge in [0, 0.05) is 15.5 Å². The van der Waals surface area contributed by atoms with Crippen molar-refractivity contribution in [3.63, 3.8) is 0 Å². The minimum absolute atomic E-state index is 0.334. The number of nitrogens with zero attached hydrogens (tertiary/aromatic N) is 1. The lowest BCUT2D eigenvalue weighted by Gasteiger charge is -2.04. The topological polar surface area (TPSA) is 51.2 Å². The molecule has 1 aromatic heterocycles. The molecular weight excluding hydrogens is 328 g/mol. The highest BCUT2D eigenvalue weighted by molar-refractivity contribution is 9.10. The Morgan fingerprint density at radius 3 is 2.95 bits per heavy atom. The van der Waals surface area contributed by atoms with Crippen molar-refractivity contribution in [3.05, 3.63) is 39.3 Å². The molecule has 0 fully saturated rings. The van der Waals surface area contributed by atoms with Crippen LogP contribution in [0, 0.1) is 6.92 Å². The van der Waals surface area contributed by atoms with Crippen LogP contribution in [0.15, 0.2) is 28.1 Å². The monoisotopic (exact) mass is 340 g/mol. The first kappa shape index (κ1) is 14.0. The van der Waals surface area contributed by atoms with Crippen molar-refractivity contribution < 1.29 is 9.53 Å². The first-order chi connectivity index (χ1) is 9.08. The maximum Gasteiger partial charge on any atom is 0.357 e. The number of anilines is 2. The summed E-state index contributed by atoms with van der Waals surface area (Å²) in [5.74, 6) is -0.391. The van der Waals surface area contributed by atoms with Gasteiger partial charge in [-0.3, -0.25) is 0 Å². The predicted octanol–water partition coefficient (Wildman–Crippen LogP) is 4.13. The van der Waals surface area contributed by atoms with Crippen LogP contribution >= 0.6 is 27.3 Å². The molecule has 0 saturated carbocycles. The quantitative estimate of drug-likeness (QED) is 0.850. The van der Waals surface area contributed by atoms with Crippen molar-refractivity contribution >= 4 is 44.1 Å². The number of ether oxygens (including phenoxy) is 1. The Kier molecular flexibility index (Phi) is 4.55. The minimum Gasteiger partial charge on any atom is -0.461 e. The van der Waals surface area contributed by atoms with Gasteiger partial charge in [0.15, 0.2) is 10.8 Å². The van der Waals surface area contributed by atoms with Gasteiger partial charge in [-0.2, -0.15) is 0 Å². The van der Waals surface area contributed by atoms with Gasteiger partial charge in [0.2, 0.25) is 0 Å². The molecule has 4 nitrogen and oxygen atoms in total. The summed E-state index contributed by atoms with van der Waals surface area (Å²) in [4.78, 5) is 15.7. The highest BCUT2D eigenvalue weighted by Crippen LogP contribution is 2.25. The number of hydrogen-bond acceptors (Lipinski definition) is 5. The van der Waals surface area contributed by atoms with Crippen molar-refractivity contribution in [1.29, 1.82) is 0 Å². The second-order valence-corrected chi connectivity index (χ2v) is 5.67. The van der Waals surface area contributed by atoms with Gasteiger partial charge in [0.25, 0.3) is 0 Å². The molecule has 1 aromatic carbocycles. The number of hydrogen-bond donors (Lipinski definition) is 1. The van der Waals surface area contributed by atoms with E-state index in [1.807, 2.05) is 25.1 Å². The van der Waals surface area contributed by atoms with Crippen LogP contribution in [-0.4, -0.2) is 17.6 Å². The number of benzene rings is 1. The summed E-state index contributed by atoms with van der Waals surface area (Å²) in [6, 6.07) is 5.99. The molecule has 0 spiro atoms. The van der Waals surface area contributed by atoms with Crippen LogP contribution in [0.2, 0.25) is 0 Å². The van der Waals surface area contributed by atoms with Crippen molar-refractivity contribution in [1.82, 2.24) is 4.98 Å². The van der Waals surface area contributed by atoms with E-state index in [0.29, 0.717) is 17.4 Å². The number of aryl methyl sites for hydroxylation is 1. The van der Waals surface area contributed by atoms with Gasteiger partial charge in [0.1, 0.15) is 0 Å². The van der Waals surface area contributed by atoms with Crippen molar-refractivity contribution in [2.45, 2.75) is 13.8 Å². The Morgan fingerprint density at radius 1 is 1.47 bits per heavy atom. The summed E-state index contributed by atoms with van der Waals surface area (Å²) >= 11 is 4.82. The maximum absolute atomic E-state index is 11.5. The molecule has 0 aliphatic carbocycles. The van der Waals surface area contributed by atoms with Gasteiger partial charge in [-0.1, -0.05) is 15.9 Å². The van der Waals surface area contributed by atoms with Crippen LogP contribution < -0.4 is 5.32 Å². The Hall–Kier alpha value is -1.40. The number of carbonyl (C=O) groups is 1. The normalized spacial score (nSPS) is 10.3. The van der Waals surface area contributed by atoms with Crippen LogP contribution in [0.4, 0.5) is 10.8 Å². The number of carbonyl (C=O) groups excluding carboxylic acids is 1. The number of thiazole rings is 1. The third-order valence-corrected chi connectivity index (χ3v) is 3.50. The fourth-order valence-corrected chi connectivity index (χ4v) is 2.87. The van der Waals surface area contributed by atoms with Crippen LogP contribution in [-0.2, 0) is 4.74 Å². The smallest absolute Gasteiger partial charge is 0.357 e. The zero-order valence-electron chi connectivity index (χ0n) is 10.6. The highest BCUT2D eigenvalue weighted by Gasteiger charge is 2.11. The molecule has 0 aliphatic rings. The Morgan fingerprint density at radius 2 is 2.26 bits per heavy atom. The van der Waals surface area contributed by atoms with Crippen LogP contribution in [0.1, 0.15) is 23.0 Å². The Bertz CT molecular complexity index is 578. The Labute approximate surface area is 124 Å². The van der Waals surface area contributed by atoms with E-state index in [4.69, 9.17) is 4.74 Å². The lowest BCUT2D eigenvalue weighted by atomic mass is 10.2. The molecule has 6 heteroatoms. The zero-order valence-corrected chi connectivity index (χ0v) is 13.0. The summed E-state index contributed by atoms with van der Waals surface area (Å²) in [6.45, 7) is 4.14. The van der Waals surface area contributed by atoms with Gasteiger partial charge >= 0.3 is 5.97 Å². The number of nitrogens with one attached hydrogen (secondary N) is 1. The first-order valence-corrected chi connectivity index (χ1v) is 7.42. The maximum atomic E-state index is 11.5. The van der Waals surface area contributed by atoms with Crippen molar-refractivity contribution in [2.75, 3.05) is 11.9 Å².